The molecule has 112 valence electrons. The lowest BCUT2D eigenvalue weighted by Crippen LogP contribution is -2.48. The molecule has 0 saturated heterocycles. The number of halogens is 2. The SMILES string of the molecule is CS(=O)(=O)C1CC(NCC(O)c2ccc(F)cc2F)C1. The van der Waals surface area contributed by atoms with E-state index >= 15 is 0 Å². The van der Waals surface area contributed by atoms with Crippen LogP contribution >= 0.6 is 0 Å². The first-order chi connectivity index (χ1) is 9.27. The molecule has 0 heterocycles. The summed E-state index contributed by atoms with van der Waals surface area (Å²) in [5.41, 5.74) is 0.0258. The molecule has 7 heteroatoms. The van der Waals surface area contributed by atoms with Crippen LogP contribution < -0.4 is 5.32 Å². The van der Waals surface area contributed by atoms with Crippen molar-refractivity contribution in [2.45, 2.75) is 30.2 Å². The lowest BCUT2D eigenvalue weighted by Gasteiger charge is -2.35. The highest BCUT2D eigenvalue weighted by Crippen LogP contribution is 2.27. The molecular weight excluding hydrogens is 288 g/mol. The van der Waals surface area contributed by atoms with Crippen LogP contribution in [0.5, 0.6) is 0 Å². The Morgan fingerprint density at radius 1 is 1.40 bits per heavy atom. The second kappa shape index (κ2) is 5.75. The molecule has 1 atom stereocenters. The number of aliphatic hydroxyl groups is 1. The van der Waals surface area contributed by atoms with Crippen LogP contribution in [0, 0.1) is 11.6 Å². The Hall–Kier alpha value is -1.05. The molecule has 4 nitrogen and oxygen atoms in total. The van der Waals surface area contributed by atoms with Crippen LogP contribution in [0.3, 0.4) is 0 Å². The summed E-state index contributed by atoms with van der Waals surface area (Å²) in [6, 6.07) is 3.02. The predicted octanol–water partition coefficient (Wildman–Crippen LogP) is 1.16. The molecule has 1 fully saturated rings. The molecule has 2 rings (SSSR count). The maximum absolute atomic E-state index is 13.4. The molecule has 20 heavy (non-hydrogen) atoms. The molecule has 1 unspecified atom stereocenters. The number of benzene rings is 1. The Balaban J connectivity index is 1.83. The second-order valence-corrected chi connectivity index (χ2v) is 7.54. The standard InChI is InChI=1S/C13H17F2NO3S/c1-20(18,19)10-5-9(6-10)16-7-13(17)11-3-2-8(14)4-12(11)15/h2-4,9-10,13,16-17H,5-7H2,1H3. The van der Waals surface area contributed by atoms with Gasteiger partial charge in [0.1, 0.15) is 21.5 Å². The monoisotopic (exact) mass is 305 g/mol. The first-order valence-electron chi connectivity index (χ1n) is 6.32. The van der Waals surface area contributed by atoms with Gasteiger partial charge in [-0.25, -0.2) is 17.2 Å². The molecule has 0 aliphatic heterocycles. The maximum Gasteiger partial charge on any atom is 0.150 e. The number of rotatable bonds is 5. The molecular formula is C13H17F2NO3S. The Morgan fingerprint density at radius 2 is 2.05 bits per heavy atom. The summed E-state index contributed by atoms with van der Waals surface area (Å²) in [6.45, 7) is 0.101. The Bertz CT molecular complexity index is 585. The van der Waals surface area contributed by atoms with Crippen LogP contribution in [0.4, 0.5) is 8.78 Å². The highest BCUT2D eigenvalue weighted by molar-refractivity contribution is 7.91. The summed E-state index contributed by atoms with van der Waals surface area (Å²) >= 11 is 0. The van der Waals surface area contributed by atoms with Crippen LogP contribution in [0.1, 0.15) is 24.5 Å². The highest BCUT2D eigenvalue weighted by Gasteiger charge is 2.36. The predicted molar refractivity (Wildman–Crippen MR) is 71.0 cm³/mol. The van der Waals surface area contributed by atoms with E-state index in [0.29, 0.717) is 12.8 Å². The van der Waals surface area contributed by atoms with Crippen LogP contribution in [0.25, 0.3) is 0 Å². The van der Waals surface area contributed by atoms with Gasteiger partial charge in [-0.3, -0.25) is 0 Å². The first kappa shape index (κ1) is 15.3. The van der Waals surface area contributed by atoms with Gasteiger partial charge in [-0.15, -0.1) is 0 Å². The van der Waals surface area contributed by atoms with Gasteiger partial charge in [0, 0.05) is 30.5 Å². The van der Waals surface area contributed by atoms with Crippen molar-refractivity contribution in [1.82, 2.24) is 5.32 Å². The van der Waals surface area contributed by atoms with E-state index in [0.717, 1.165) is 12.1 Å². The van der Waals surface area contributed by atoms with Crippen LogP contribution in [-0.2, 0) is 9.84 Å². The summed E-state index contributed by atoms with van der Waals surface area (Å²) in [4.78, 5) is 0. The molecule has 1 saturated carbocycles. The van der Waals surface area contributed by atoms with Crippen molar-refractivity contribution >= 4 is 9.84 Å². The molecule has 0 spiro atoms. The maximum atomic E-state index is 13.4. The van der Waals surface area contributed by atoms with E-state index in [1.807, 2.05) is 0 Å². The summed E-state index contributed by atoms with van der Waals surface area (Å²) in [7, 11) is -3.01. The van der Waals surface area contributed by atoms with E-state index < -0.39 is 27.6 Å². The molecule has 1 aromatic carbocycles. The number of aliphatic hydroxyl groups excluding tert-OH is 1. The lowest BCUT2D eigenvalue weighted by molar-refractivity contribution is 0.157. The van der Waals surface area contributed by atoms with Crippen molar-refractivity contribution in [2.75, 3.05) is 12.8 Å². The molecule has 0 amide bonds. The van der Waals surface area contributed by atoms with E-state index in [9.17, 15) is 22.3 Å². The van der Waals surface area contributed by atoms with E-state index in [-0.39, 0.29) is 23.4 Å². The van der Waals surface area contributed by atoms with E-state index in [4.69, 9.17) is 0 Å². The Morgan fingerprint density at radius 3 is 2.60 bits per heavy atom. The zero-order chi connectivity index (χ0) is 14.9. The van der Waals surface area contributed by atoms with Gasteiger partial charge in [0.05, 0.1) is 11.4 Å². The lowest BCUT2D eigenvalue weighted by atomic mass is 9.92. The fourth-order valence-corrected chi connectivity index (χ4v) is 3.41. The Kier molecular flexibility index (Phi) is 4.41. The fourth-order valence-electron chi connectivity index (χ4n) is 2.24. The quantitative estimate of drug-likeness (QED) is 0.857. The van der Waals surface area contributed by atoms with Gasteiger partial charge in [0.15, 0.2) is 0 Å². The van der Waals surface area contributed by atoms with Gasteiger partial charge < -0.3 is 10.4 Å². The van der Waals surface area contributed by atoms with Crippen LogP contribution in [-0.4, -0.2) is 37.6 Å². The fraction of sp³-hybridized carbons (Fsp3) is 0.538. The number of hydrogen-bond acceptors (Lipinski definition) is 4. The first-order valence-corrected chi connectivity index (χ1v) is 8.28. The Labute approximate surface area is 116 Å². The summed E-state index contributed by atoms with van der Waals surface area (Å²) in [6.07, 6.45) is 1.11. The smallest absolute Gasteiger partial charge is 0.150 e. The van der Waals surface area contributed by atoms with Gasteiger partial charge in [-0.1, -0.05) is 6.07 Å². The minimum atomic E-state index is -3.01. The normalized spacial score (nSPS) is 24.2. The molecule has 1 aromatic rings. The molecule has 2 N–H and O–H groups in total. The molecule has 1 aliphatic rings. The molecule has 0 bridgehead atoms. The van der Waals surface area contributed by atoms with Crippen molar-refractivity contribution in [3.63, 3.8) is 0 Å². The highest BCUT2D eigenvalue weighted by atomic mass is 32.2. The number of sulfone groups is 1. The minimum absolute atomic E-state index is 0.00730. The van der Waals surface area contributed by atoms with Gasteiger partial charge in [0.25, 0.3) is 0 Å². The van der Waals surface area contributed by atoms with Crippen LogP contribution in [0.2, 0.25) is 0 Å². The van der Waals surface area contributed by atoms with Crippen molar-refractivity contribution in [2.24, 2.45) is 0 Å². The zero-order valence-electron chi connectivity index (χ0n) is 11.0. The third kappa shape index (κ3) is 3.53. The van der Waals surface area contributed by atoms with Gasteiger partial charge in [-0.05, 0) is 18.9 Å². The third-order valence-corrected chi connectivity index (χ3v) is 5.22. The largest absolute Gasteiger partial charge is 0.387 e. The number of hydrogen-bond donors (Lipinski definition) is 2. The average molecular weight is 305 g/mol. The minimum Gasteiger partial charge on any atom is -0.387 e. The van der Waals surface area contributed by atoms with E-state index in [1.54, 1.807) is 0 Å². The van der Waals surface area contributed by atoms with Gasteiger partial charge in [0.2, 0.25) is 0 Å². The van der Waals surface area contributed by atoms with Crippen molar-refractivity contribution in [3.05, 3.63) is 35.4 Å². The average Bonchev–Trinajstić information content (AvgIpc) is 2.24. The third-order valence-electron chi connectivity index (χ3n) is 3.62. The van der Waals surface area contributed by atoms with Crippen molar-refractivity contribution < 1.29 is 22.3 Å². The second-order valence-electron chi connectivity index (χ2n) is 5.21. The van der Waals surface area contributed by atoms with Crippen molar-refractivity contribution in [1.29, 1.82) is 0 Å². The van der Waals surface area contributed by atoms with Gasteiger partial charge >= 0.3 is 0 Å². The summed E-state index contributed by atoms with van der Waals surface area (Å²) in [5, 5.41) is 12.5. The van der Waals surface area contributed by atoms with Crippen molar-refractivity contribution in [3.8, 4) is 0 Å². The van der Waals surface area contributed by atoms with E-state index in [1.165, 1.54) is 12.3 Å². The molecule has 1 aliphatic carbocycles. The van der Waals surface area contributed by atoms with Gasteiger partial charge in [-0.2, -0.15) is 0 Å². The number of nitrogens with one attached hydrogen (secondary N) is 1. The van der Waals surface area contributed by atoms with E-state index in [2.05, 4.69) is 5.32 Å². The van der Waals surface area contributed by atoms with Crippen LogP contribution in [0.15, 0.2) is 18.2 Å². The summed E-state index contributed by atoms with van der Waals surface area (Å²) in [5.74, 6) is -1.48. The topological polar surface area (TPSA) is 66.4 Å². The molecule has 0 radical (unpaired) electrons. The summed E-state index contributed by atoms with van der Waals surface area (Å²) < 4.78 is 48.6. The zero-order valence-corrected chi connectivity index (χ0v) is 11.8. The molecule has 0 aromatic heterocycles.